The number of carbonyl (C=O) groups is 2. The van der Waals surface area contributed by atoms with Gasteiger partial charge in [0.15, 0.2) is 0 Å². The second-order valence-electron chi connectivity index (χ2n) is 4.34. The maximum absolute atomic E-state index is 11.7. The molecule has 1 aromatic heterocycles. The number of anilines is 1. The standard InChI is InChI=1S/C11H16N2O3S/c1-7(14)13-9-5-4-8(17-9)10(15)12-6-11(2,3)16/h4-5,16H,6H2,1-3H3,(H,12,15)(H,13,14). The number of hydrogen-bond donors (Lipinski definition) is 3. The zero-order chi connectivity index (χ0) is 13.1. The summed E-state index contributed by atoms with van der Waals surface area (Å²) in [5.74, 6) is -0.427. The quantitative estimate of drug-likeness (QED) is 0.757. The summed E-state index contributed by atoms with van der Waals surface area (Å²) in [7, 11) is 0. The molecule has 17 heavy (non-hydrogen) atoms. The molecule has 0 aliphatic heterocycles. The molecule has 0 aromatic carbocycles. The van der Waals surface area contributed by atoms with E-state index in [1.54, 1.807) is 26.0 Å². The molecule has 5 nitrogen and oxygen atoms in total. The Labute approximate surface area is 104 Å². The van der Waals surface area contributed by atoms with Gasteiger partial charge in [-0.2, -0.15) is 0 Å². The topological polar surface area (TPSA) is 78.4 Å². The van der Waals surface area contributed by atoms with Crippen molar-refractivity contribution in [2.75, 3.05) is 11.9 Å². The summed E-state index contributed by atoms with van der Waals surface area (Å²) < 4.78 is 0. The predicted molar refractivity (Wildman–Crippen MR) is 67.3 cm³/mol. The van der Waals surface area contributed by atoms with E-state index in [1.807, 2.05) is 0 Å². The summed E-state index contributed by atoms with van der Waals surface area (Å²) in [4.78, 5) is 23.0. The molecule has 0 saturated heterocycles. The third kappa shape index (κ3) is 4.97. The molecular formula is C11H16N2O3S. The van der Waals surface area contributed by atoms with Gasteiger partial charge in [0.2, 0.25) is 5.91 Å². The van der Waals surface area contributed by atoms with Gasteiger partial charge in [-0.3, -0.25) is 9.59 Å². The second kappa shape index (κ2) is 5.29. The molecule has 1 rings (SSSR count). The molecule has 0 aliphatic rings. The Morgan fingerprint density at radius 2 is 2.06 bits per heavy atom. The number of thiophene rings is 1. The van der Waals surface area contributed by atoms with Crippen molar-refractivity contribution in [2.45, 2.75) is 26.4 Å². The van der Waals surface area contributed by atoms with Gasteiger partial charge in [-0.05, 0) is 26.0 Å². The molecular weight excluding hydrogens is 240 g/mol. The van der Waals surface area contributed by atoms with Gasteiger partial charge in [0.05, 0.1) is 15.5 Å². The summed E-state index contributed by atoms with van der Waals surface area (Å²) in [6.45, 7) is 4.82. The SMILES string of the molecule is CC(=O)Nc1ccc(C(=O)NCC(C)(C)O)s1. The van der Waals surface area contributed by atoms with Crippen LogP contribution in [0.25, 0.3) is 0 Å². The van der Waals surface area contributed by atoms with Gasteiger partial charge in [0, 0.05) is 13.5 Å². The number of aliphatic hydroxyl groups is 1. The number of amides is 2. The van der Waals surface area contributed by atoms with Crippen LogP contribution in [0, 0.1) is 0 Å². The van der Waals surface area contributed by atoms with E-state index in [0.717, 1.165) is 0 Å². The Balaban J connectivity index is 2.58. The van der Waals surface area contributed by atoms with Crippen LogP contribution in [0.4, 0.5) is 5.00 Å². The lowest BCUT2D eigenvalue weighted by Gasteiger charge is -2.17. The first kappa shape index (κ1) is 13.7. The van der Waals surface area contributed by atoms with Crippen molar-refractivity contribution >= 4 is 28.2 Å². The van der Waals surface area contributed by atoms with E-state index in [1.165, 1.54) is 18.3 Å². The van der Waals surface area contributed by atoms with Gasteiger partial charge in [-0.25, -0.2) is 0 Å². The van der Waals surface area contributed by atoms with Crippen LogP contribution in [0.1, 0.15) is 30.4 Å². The second-order valence-corrected chi connectivity index (χ2v) is 5.42. The zero-order valence-corrected chi connectivity index (χ0v) is 10.9. The first-order chi connectivity index (χ1) is 7.78. The fraction of sp³-hybridized carbons (Fsp3) is 0.455. The zero-order valence-electron chi connectivity index (χ0n) is 10.0. The monoisotopic (exact) mass is 256 g/mol. The molecule has 0 radical (unpaired) electrons. The van der Waals surface area contributed by atoms with E-state index < -0.39 is 5.60 Å². The average Bonchev–Trinajstić information content (AvgIpc) is 2.60. The van der Waals surface area contributed by atoms with Crippen molar-refractivity contribution in [3.05, 3.63) is 17.0 Å². The number of hydrogen-bond acceptors (Lipinski definition) is 4. The number of carbonyl (C=O) groups excluding carboxylic acids is 2. The van der Waals surface area contributed by atoms with Gasteiger partial charge in [-0.15, -0.1) is 11.3 Å². The molecule has 3 N–H and O–H groups in total. The highest BCUT2D eigenvalue weighted by molar-refractivity contribution is 7.18. The van der Waals surface area contributed by atoms with Crippen molar-refractivity contribution in [2.24, 2.45) is 0 Å². The van der Waals surface area contributed by atoms with Crippen LogP contribution < -0.4 is 10.6 Å². The lowest BCUT2D eigenvalue weighted by Crippen LogP contribution is -2.37. The third-order valence-corrected chi connectivity index (χ3v) is 2.81. The molecule has 6 heteroatoms. The molecule has 0 atom stereocenters. The van der Waals surface area contributed by atoms with E-state index in [9.17, 15) is 14.7 Å². The van der Waals surface area contributed by atoms with Gasteiger partial charge in [0.1, 0.15) is 0 Å². The smallest absolute Gasteiger partial charge is 0.261 e. The Morgan fingerprint density at radius 1 is 1.41 bits per heavy atom. The molecule has 0 spiro atoms. The highest BCUT2D eigenvalue weighted by Gasteiger charge is 2.16. The van der Waals surface area contributed by atoms with Crippen LogP contribution in [-0.4, -0.2) is 29.1 Å². The summed E-state index contributed by atoms with van der Waals surface area (Å²) in [5.41, 5.74) is -0.937. The fourth-order valence-electron chi connectivity index (χ4n) is 1.08. The van der Waals surface area contributed by atoms with Gasteiger partial charge < -0.3 is 15.7 Å². The molecule has 2 amide bonds. The summed E-state index contributed by atoms with van der Waals surface area (Å²) >= 11 is 1.19. The number of nitrogens with one attached hydrogen (secondary N) is 2. The largest absolute Gasteiger partial charge is 0.389 e. The van der Waals surface area contributed by atoms with E-state index in [-0.39, 0.29) is 18.4 Å². The first-order valence-corrected chi connectivity index (χ1v) is 5.97. The molecule has 1 aromatic rings. The van der Waals surface area contributed by atoms with Crippen LogP contribution in [0.5, 0.6) is 0 Å². The highest BCUT2D eigenvalue weighted by atomic mass is 32.1. The minimum atomic E-state index is -0.937. The number of rotatable bonds is 4. The fourth-order valence-corrected chi connectivity index (χ4v) is 1.95. The van der Waals surface area contributed by atoms with Crippen molar-refractivity contribution in [1.82, 2.24) is 5.32 Å². The summed E-state index contributed by atoms with van der Waals surface area (Å²) in [5, 5.41) is 15.3. The Morgan fingerprint density at radius 3 is 2.59 bits per heavy atom. The Bertz CT molecular complexity index is 421. The predicted octanol–water partition coefficient (Wildman–Crippen LogP) is 1.21. The van der Waals surface area contributed by atoms with Crippen LogP contribution in [0.15, 0.2) is 12.1 Å². The van der Waals surface area contributed by atoms with Crippen molar-refractivity contribution < 1.29 is 14.7 Å². The normalized spacial score (nSPS) is 11.1. The molecule has 0 bridgehead atoms. The minimum Gasteiger partial charge on any atom is -0.389 e. The highest BCUT2D eigenvalue weighted by Crippen LogP contribution is 2.21. The van der Waals surface area contributed by atoms with Crippen molar-refractivity contribution in [3.8, 4) is 0 Å². The third-order valence-electron chi connectivity index (χ3n) is 1.81. The molecule has 0 saturated carbocycles. The van der Waals surface area contributed by atoms with Gasteiger partial charge >= 0.3 is 0 Å². The maximum atomic E-state index is 11.7. The molecule has 0 fully saturated rings. The van der Waals surface area contributed by atoms with E-state index in [4.69, 9.17) is 0 Å². The van der Waals surface area contributed by atoms with E-state index in [2.05, 4.69) is 10.6 Å². The Kier molecular flexibility index (Phi) is 4.25. The minimum absolute atomic E-state index is 0.171. The lowest BCUT2D eigenvalue weighted by molar-refractivity contribution is -0.114. The lowest BCUT2D eigenvalue weighted by atomic mass is 10.1. The summed E-state index contributed by atoms with van der Waals surface area (Å²) in [6, 6.07) is 3.31. The average molecular weight is 256 g/mol. The van der Waals surface area contributed by atoms with Gasteiger partial charge in [0.25, 0.3) is 5.91 Å². The van der Waals surface area contributed by atoms with Crippen LogP contribution in [0.3, 0.4) is 0 Å². The molecule has 0 aliphatic carbocycles. The molecule has 0 unspecified atom stereocenters. The molecule has 1 heterocycles. The summed E-state index contributed by atoms with van der Waals surface area (Å²) in [6.07, 6.45) is 0. The maximum Gasteiger partial charge on any atom is 0.261 e. The van der Waals surface area contributed by atoms with E-state index >= 15 is 0 Å². The van der Waals surface area contributed by atoms with Crippen LogP contribution in [0.2, 0.25) is 0 Å². The Hall–Kier alpha value is -1.40. The first-order valence-electron chi connectivity index (χ1n) is 5.16. The molecule has 94 valence electrons. The van der Waals surface area contributed by atoms with Crippen LogP contribution in [-0.2, 0) is 4.79 Å². The van der Waals surface area contributed by atoms with Crippen LogP contribution >= 0.6 is 11.3 Å². The van der Waals surface area contributed by atoms with E-state index in [0.29, 0.717) is 9.88 Å². The van der Waals surface area contributed by atoms with Gasteiger partial charge in [-0.1, -0.05) is 0 Å². The van der Waals surface area contributed by atoms with Crippen molar-refractivity contribution in [3.63, 3.8) is 0 Å². The van der Waals surface area contributed by atoms with Crippen molar-refractivity contribution in [1.29, 1.82) is 0 Å².